The predicted octanol–water partition coefficient (Wildman–Crippen LogP) is 5.97. The van der Waals surface area contributed by atoms with Crippen molar-refractivity contribution in [1.29, 1.82) is 0 Å². The summed E-state index contributed by atoms with van der Waals surface area (Å²) >= 11 is 0. The highest BCUT2D eigenvalue weighted by atomic mass is 35.5. The molecule has 31 heavy (non-hydrogen) atoms. The average molecular weight is 463 g/mol. The lowest BCUT2D eigenvalue weighted by Crippen LogP contribution is -2.46. The minimum absolute atomic E-state index is 0. The largest absolute Gasteiger partial charge is 0.300 e. The maximum atomic E-state index is 12.6. The second kappa shape index (κ2) is 13.2. The van der Waals surface area contributed by atoms with E-state index in [1.165, 1.54) is 43.2 Å². The van der Waals surface area contributed by atoms with E-state index < -0.39 is 0 Å². The second-order valence-electron chi connectivity index (χ2n) is 8.73. The summed E-state index contributed by atoms with van der Waals surface area (Å²) in [6.07, 6.45) is 7.33. The number of carbonyl (C=O) groups excluding carboxylic acids is 1. The number of rotatable bonds is 7. The maximum absolute atomic E-state index is 12.6. The van der Waals surface area contributed by atoms with Crippen molar-refractivity contribution in [3.63, 3.8) is 0 Å². The van der Waals surface area contributed by atoms with Gasteiger partial charge < -0.3 is 4.90 Å². The summed E-state index contributed by atoms with van der Waals surface area (Å²) in [5.41, 5.74) is 3.69. The second-order valence-corrected chi connectivity index (χ2v) is 8.73. The van der Waals surface area contributed by atoms with E-state index in [0.717, 1.165) is 44.8 Å². The summed E-state index contributed by atoms with van der Waals surface area (Å²) in [5.74, 6) is 0.993. The molecule has 0 amide bonds. The van der Waals surface area contributed by atoms with E-state index in [1.54, 1.807) is 0 Å². The van der Waals surface area contributed by atoms with Crippen LogP contribution in [-0.4, -0.2) is 48.3 Å². The van der Waals surface area contributed by atoms with Crippen molar-refractivity contribution in [2.75, 3.05) is 32.7 Å². The molecule has 170 valence electrons. The molecule has 2 fully saturated rings. The first-order valence-corrected chi connectivity index (χ1v) is 11.4. The van der Waals surface area contributed by atoms with Crippen molar-refractivity contribution in [1.82, 2.24) is 9.80 Å². The standard InChI is InChI=1S/C26H34N2O.2ClH/c29-26(25-13-11-24(12-14-25)23-9-5-2-6-10-23)15-16-27-17-19-28(20-18-27)21-22-7-3-1-4-8-22;;/h1,3-4,7-8,11-14,23H,2,5-6,9-10,15-21H2;2*1H. The minimum Gasteiger partial charge on any atom is -0.300 e. The molecule has 0 bridgehead atoms. The van der Waals surface area contributed by atoms with Crippen LogP contribution in [0, 0.1) is 0 Å². The molecule has 4 rings (SSSR count). The Labute approximate surface area is 200 Å². The number of hydrogen-bond donors (Lipinski definition) is 0. The first-order valence-electron chi connectivity index (χ1n) is 11.4. The van der Waals surface area contributed by atoms with Gasteiger partial charge in [0.1, 0.15) is 0 Å². The first-order chi connectivity index (χ1) is 14.3. The topological polar surface area (TPSA) is 23.6 Å². The normalized spacial score (nSPS) is 18.1. The fraction of sp³-hybridized carbons (Fsp3) is 0.500. The van der Waals surface area contributed by atoms with Gasteiger partial charge in [-0.15, -0.1) is 24.8 Å². The molecule has 5 heteroatoms. The van der Waals surface area contributed by atoms with Crippen LogP contribution in [0.15, 0.2) is 54.6 Å². The van der Waals surface area contributed by atoms with Gasteiger partial charge in [-0.2, -0.15) is 0 Å². The fourth-order valence-electron chi connectivity index (χ4n) is 4.79. The lowest BCUT2D eigenvalue weighted by Gasteiger charge is -2.34. The summed E-state index contributed by atoms with van der Waals surface area (Å²) in [6.45, 7) is 6.18. The number of halogens is 2. The van der Waals surface area contributed by atoms with Crippen LogP contribution < -0.4 is 0 Å². The molecule has 2 aromatic carbocycles. The van der Waals surface area contributed by atoms with Crippen LogP contribution in [0.2, 0.25) is 0 Å². The molecule has 2 aromatic rings. The number of carbonyl (C=O) groups is 1. The van der Waals surface area contributed by atoms with E-state index in [4.69, 9.17) is 0 Å². The van der Waals surface area contributed by atoms with Crippen LogP contribution in [0.1, 0.15) is 65.9 Å². The average Bonchev–Trinajstić information content (AvgIpc) is 2.80. The fourth-order valence-corrected chi connectivity index (χ4v) is 4.79. The Morgan fingerprint density at radius 1 is 0.774 bits per heavy atom. The van der Waals surface area contributed by atoms with E-state index >= 15 is 0 Å². The zero-order valence-electron chi connectivity index (χ0n) is 18.4. The van der Waals surface area contributed by atoms with E-state index in [0.29, 0.717) is 12.3 Å². The van der Waals surface area contributed by atoms with Gasteiger partial charge in [-0.25, -0.2) is 0 Å². The summed E-state index contributed by atoms with van der Waals surface area (Å²) in [4.78, 5) is 17.6. The maximum Gasteiger partial charge on any atom is 0.164 e. The molecule has 1 aliphatic heterocycles. The van der Waals surface area contributed by atoms with Gasteiger partial charge in [0, 0.05) is 51.3 Å². The highest BCUT2D eigenvalue weighted by molar-refractivity contribution is 5.96. The number of ketones is 1. The third-order valence-electron chi connectivity index (χ3n) is 6.68. The van der Waals surface area contributed by atoms with Crippen LogP contribution in [0.25, 0.3) is 0 Å². The van der Waals surface area contributed by atoms with Gasteiger partial charge in [0.15, 0.2) is 5.78 Å². The van der Waals surface area contributed by atoms with Crippen molar-refractivity contribution in [3.05, 3.63) is 71.3 Å². The molecule has 0 N–H and O–H groups in total. The predicted molar refractivity (Wildman–Crippen MR) is 134 cm³/mol. The number of hydrogen-bond acceptors (Lipinski definition) is 3. The van der Waals surface area contributed by atoms with E-state index in [-0.39, 0.29) is 30.6 Å². The summed E-state index contributed by atoms with van der Waals surface area (Å²) in [7, 11) is 0. The van der Waals surface area contributed by atoms with Gasteiger partial charge in [0.25, 0.3) is 0 Å². The molecule has 0 unspecified atom stereocenters. The van der Waals surface area contributed by atoms with Crippen molar-refractivity contribution in [3.8, 4) is 0 Å². The zero-order valence-corrected chi connectivity index (χ0v) is 20.0. The van der Waals surface area contributed by atoms with Crippen molar-refractivity contribution >= 4 is 30.6 Å². The Morgan fingerprint density at radius 2 is 1.39 bits per heavy atom. The third-order valence-corrected chi connectivity index (χ3v) is 6.68. The lowest BCUT2D eigenvalue weighted by atomic mass is 9.84. The van der Waals surface area contributed by atoms with Gasteiger partial charge in [0.2, 0.25) is 0 Å². The Hall–Kier alpha value is -1.39. The molecule has 1 heterocycles. The number of Topliss-reactive ketones (excluding diaryl/α,β-unsaturated/α-hetero) is 1. The van der Waals surface area contributed by atoms with E-state index in [1.807, 2.05) is 0 Å². The highest BCUT2D eigenvalue weighted by Crippen LogP contribution is 2.32. The van der Waals surface area contributed by atoms with Crippen LogP contribution in [0.4, 0.5) is 0 Å². The molecule has 0 aromatic heterocycles. The number of nitrogens with zero attached hydrogens (tertiary/aromatic N) is 2. The SMILES string of the molecule is Cl.Cl.O=C(CCN1CCN(Cc2ccccc2)CC1)c1ccc(C2CCCCC2)cc1. The zero-order chi connectivity index (χ0) is 19.9. The summed E-state index contributed by atoms with van der Waals surface area (Å²) in [5, 5.41) is 0. The quantitative estimate of drug-likeness (QED) is 0.473. The Balaban J connectivity index is 0.00000171. The minimum atomic E-state index is 0. The molecule has 0 spiro atoms. The Morgan fingerprint density at radius 3 is 2.03 bits per heavy atom. The molecule has 1 saturated carbocycles. The van der Waals surface area contributed by atoms with Gasteiger partial charge in [0.05, 0.1) is 0 Å². The van der Waals surface area contributed by atoms with Crippen molar-refractivity contribution < 1.29 is 4.79 Å². The van der Waals surface area contributed by atoms with Crippen molar-refractivity contribution in [2.24, 2.45) is 0 Å². The highest BCUT2D eigenvalue weighted by Gasteiger charge is 2.19. The van der Waals surface area contributed by atoms with Crippen LogP contribution in [-0.2, 0) is 6.54 Å². The van der Waals surface area contributed by atoms with E-state index in [2.05, 4.69) is 64.4 Å². The third kappa shape index (κ3) is 7.61. The molecule has 0 atom stereocenters. The van der Waals surface area contributed by atoms with Gasteiger partial charge in [-0.1, -0.05) is 73.9 Å². The van der Waals surface area contributed by atoms with Crippen LogP contribution in [0.5, 0.6) is 0 Å². The number of piperazine rings is 1. The summed E-state index contributed by atoms with van der Waals surface area (Å²) < 4.78 is 0. The van der Waals surface area contributed by atoms with Gasteiger partial charge in [-0.05, 0) is 29.9 Å². The smallest absolute Gasteiger partial charge is 0.164 e. The van der Waals surface area contributed by atoms with Crippen LogP contribution in [0.3, 0.4) is 0 Å². The summed E-state index contributed by atoms with van der Waals surface area (Å²) in [6, 6.07) is 19.2. The van der Waals surface area contributed by atoms with Crippen molar-refractivity contribution in [2.45, 2.75) is 51.0 Å². The lowest BCUT2D eigenvalue weighted by molar-refractivity contribution is 0.0922. The van der Waals surface area contributed by atoms with Crippen LogP contribution >= 0.6 is 24.8 Å². The molecular formula is C26H36Cl2N2O. The molecule has 3 nitrogen and oxygen atoms in total. The Kier molecular flexibility index (Phi) is 11.0. The monoisotopic (exact) mass is 462 g/mol. The molecular weight excluding hydrogens is 427 g/mol. The molecule has 0 radical (unpaired) electrons. The molecule has 1 saturated heterocycles. The molecule has 1 aliphatic carbocycles. The Bertz CT molecular complexity index is 768. The van der Waals surface area contributed by atoms with Gasteiger partial charge in [-0.3, -0.25) is 9.69 Å². The molecule has 2 aliphatic rings. The first kappa shape index (κ1) is 25.9. The van der Waals surface area contributed by atoms with Gasteiger partial charge >= 0.3 is 0 Å². The van der Waals surface area contributed by atoms with E-state index in [9.17, 15) is 4.79 Å². The number of benzene rings is 2.